The fraction of sp³-hybridized carbons (Fsp3) is 0.0159. The number of rotatable bonds is 6. The van der Waals surface area contributed by atoms with Crippen LogP contribution in [0.25, 0.3) is 54.6 Å². The van der Waals surface area contributed by atoms with Crippen molar-refractivity contribution in [2.45, 2.75) is 5.41 Å². The molecule has 1 unspecified atom stereocenters. The topological polar surface area (TPSA) is 54.1 Å². The normalized spacial score (nSPS) is 14.0. The minimum Gasteiger partial charge on any atom is -0.310 e. The number of benzene rings is 11. The molecule has 0 aromatic heterocycles. The van der Waals surface area contributed by atoms with E-state index in [0.29, 0.717) is 11.1 Å². The molecule has 0 bridgehead atoms. The molecule has 1 spiro atoms. The van der Waals surface area contributed by atoms with Crippen molar-refractivity contribution in [2.24, 2.45) is 0 Å². The molecule has 0 amide bonds. The highest BCUT2D eigenvalue weighted by Crippen LogP contribution is 2.63. The van der Waals surface area contributed by atoms with Crippen LogP contribution >= 0.6 is 0 Å². The van der Waals surface area contributed by atoms with E-state index < -0.39 is 5.41 Å². The van der Waals surface area contributed by atoms with E-state index in [1.165, 1.54) is 66.1 Å². The van der Waals surface area contributed by atoms with Gasteiger partial charge in [0.25, 0.3) is 0 Å². The molecule has 0 N–H and O–H groups in total. The maximum Gasteiger partial charge on any atom is 0.0991 e. The summed E-state index contributed by atoms with van der Waals surface area (Å²) in [6.07, 6.45) is 0. The van der Waals surface area contributed by atoms with Crippen molar-refractivity contribution in [3.05, 3.63) is 264 Å². The number of fused-ring (bicyclic) bond motifs is 11. The van der Waals surface area contributed by atoms with Crippen molar-refractivity contribution in [1.82, 2.24) is 0 Å². The number of nitriles is 2. The summed E-state index contributed by atoms with van der Waals surface area (Å²) in [5, 5.41) is 26.8. The maximum absolute atomic E-state index is 9.84. The molecule has 0 saturated carbocycles. The third-order valence-corrected chi connectivity index (χ3v) is 14.0. The summed E-state index contributed by atoms with van der Waals surface area (Å²) in [5.41, 5.74) is 16.3. The zero-order valence-corrected chi connectivity index (χ0v) is 36.2. The molecule has 11 aromatic carbocycles. The minimum absolute atomic E-state index is 0.616. The Kier molecular flexibility index (Phi) is 8.52. The van der Waals surface area contributed by atoms with Crippen LogP contribution in [0.5, 0.6) is 0 Å². The largest absolute Gasteiger partial charge is 0.310 e. The maximum atomic E-state index is 9.84. The van der Waals surface area contributed by atoms with E-state index in [9.17, 15) is 10.5 Å². The van der Waals surface area contributed by atoms with Crippen molar-refractivity contribution in [2.75, 3.05) is 9.80 Å². The van der Waals surface area contributed by atoms with Gasteiger partial charge < -0.3 is 9.80 Å². The molecule has 13 rings (SSSR count). The van der Waals surface area contributed by atoms with Crippen LogP contribution < -0.4 is 9.80 Å². The second-order valence-electron chi connectivity index (χ2n) is 17.5. The zero-order chi connectivity index (χ0) is 44.6. The lowest BCUT2D eigenvalue weighted by Crippen LogP contribution is -2.32. The summed E-state index contributed by atoms with van der Waals surface area (Å²) < 4.78 is 0. The monoisotopic (exact) mass is 850 g/mol. The SMILES string of the molecule is N#Cc1ccc(N(c2ccc3c(c2)C2(c4ccccc4-3)c3cc(N(c4ccc(C#N)cc4)c4ccc5ccccc5c4)ccc3-c3cccc4cccc2c34)c2ccc3ccccc3c2)cc1. The van der Waals surface area contributed by atoms with Crippen molar-refractivity contribution in [3.8, 4) is 34.4 Å². The molecule has 2 aliphatic carbocycles. The molecule has 67 heavy (non-hydrogen) atoms. The quantitative estimate of drug-likeness (QED) is 0.167. The Morgan fingerprint density at radius 1 is 0.284 bits per heavy atom. The molecule has 310 valence electrons. The van der Waals surface area contributed by atoms with Crippen LogP contribution in [0.15, 0.2) is 231 Å². The van der Waals surface area contributed by atoms with Crippen LogP contribution in [0.3, 0.4) is 0 Å². The molecule has 0 heterocycles. The van der Waals surface area contributed by atoms with Gasteiger partial charge in [-0.2, -0.15) is 10.5 Å². The Balaban J connectivity index is 1.11. The Morgan fingerprint density at radius 2 is 0.672 bits per heavy atom. The van der Waals surface area contributed by atoms with E-state index in [1.54, 1.807) is 0 Å². The number of hydrogen-bond donors (Lipinski definition) is 0. The van der Waals surface area contributed by atoms with E-state index in [1.807, 2.05) is 24.3 Å². The van der Waals surface area contributed by atoms with Crippen LogP contribution in [0.4, 0.5) is 34.1 Å². The Bertz CT molecular complexity index is 3910. The summed E-state index contributed by atoms with van der Waals surface area (Å²) in [7, 11) is 0. The van der Waals surface area contributed by atoms with Crippen molar-refractivity contribution in [1.29, 1.82) is 10.5 Å². The van der Waals surface area contributed by atoms with Crippen molar-refractivity contribution < 1.29 is 0 Å². The number of hydrogen-bond acceptors (Lipinski definition) is 4. The standard InChI is InChI=1S/C63H38N4/c64-39-41-19-25-48(26-20-41)66(50-29-23-43-9-1-3-11-46(43)35-50)52-31-33-55-54-15-5-6-17-58(54)63(60(55)37-52)59-18-8-14-45-13-7-16-57(62(45)59)56-34-32-53(38-61(56)63)67(49-27-21-42(40-65)22-28-49)51-30-24-44-10-2-4-12-47(44)36-51/h1-38H. The predicted molar refractivity (Wildman–Crippen MR) is 274 cm³/mol. The molecule has 2 aliphatic rings. The van der Waals surface area contributed by atoms with Crippen molar-refractivity contribution in [3.63, 3.8) is 0 Å². The predicted octanol–water partition coefficient (Wildman–Crippen LogP) is 16.2. The Morgan fingerprint density at radius 3 is 1.22 bits per heavy atom. The van der Waals surface area contributed by atoms with Crippen LogP contribution in [-0.4, -0.2) is 0 Å². The highest BCUT2D eigenvalue weighted by molar-refractivity contribution is 6.08. The average molecular weight is 851 g/mol. The highest BCUT2D eigenvalue weighted by atomic mass is 15.1. The zero-order valence-electron chi connectivity index (χ0n) is 36.2. The van der Waals surface area contributed by atoms with Gasteiger partial charge in [-0.3, -0.25) is 0 Å². The highest BCUT2D eigenvalue weighted by Gasteiger charge is 2.50. The second-order valence-corrected chi connectivity index (χ2v) is 17.5. The van der Waals surface area contributed by atoms with Gasteiger partial charge >= 0.3 is 0 Å². The van der Waals surface area contributed by atoms with Crippen LogP contribution in [0, 0.1) is 22.7 Å². The Labute approximate surface area is 388 Å². The second kappa shape index (κ2) is 14.9. The van der Waals surface area contributed by atoms with Gasteiger partial charge in [-0.05, 0) is 174 Å². The lowest BCUT2D eigenvalue weighted by Gasteiger charge is -2.41. The van der Waals surface area contributed by atoms with Gasteiger partial charge in [0.1, 0.15) is 0 Å². The van der Waals surface area contributed by atoms with Gasteiger partial charge in [0.2, 0.25) is 0 Å². The van der Waals surface area contributed by atoms with Gasteiger partial charge in [-0.1, -0.05) is 133 Å². The lowest BCUT2D eigenvalue weighted by molar-refractivity contribution is 0.773. The van der Waals surface area contributed by atoms with Gasteiger partial charge in [0.15, 0.2) is 0 Å². The molecule has 1 atom stereocenters. The molecule has 0 saturated heterocycles. The van der Waals surface area contributed by atoms with Crippen molar-refractivity contribution >= 4 is 66.4 Å². The first-order chi connectivity index (χ1) is 33.1. The third-order valence-electron chi connectivity index (χ3n) is 14.0. The minimum atomic E-state index is -0.722. The third kappa shape index (κ3) is 5.77. The summed E-state index contributed by atoms with van der Waals surface area (Å²) in [4.78, 5) is 4.65. The van der Waals surface area contributed by atoms with E-state index in [4.69, 9.17) is 0 Å². The van der Waals surface area contributed by atoms with Crippen LogP contribution in [0.1, 0.15) is 33.4 Å². The van der Waals surface area contributed by atoms with E-state index in [-0.39, 0.29) is 0 Å². The summed E-state index contributed by atoms with van der Waals surface area (Å²) in [6.45, 7) is 0. The lowest BCUT2D eigenvalue weighted by atomic mass is 9.61. The van der Waals surface area contributed by atoms with Gasteiger partial charge in [0, 0.05) is 34.1 Å². The fourth-order valence-corrected chi connectivity index (χ4v) is 11.1. The Hall–Kier alpha value is -9.22. The fourth-order valence-electron chi connectivity index (χ4n) is 11.1. The van der Waals surface area contributed by atoms with Gasteiger partial charge in [-0.25, -0.2) is 0 Å². The first-order valence-corrected chi connectivity index (χ1v) is 22.6. The van der Waals surface area contributed by atoms with Crippen LogP contribution in [0.2, 0.25) is 0 Å². The van der Waals surface area contributed by atoms with Crippen LogP contribution in [-0.2, 0) is 5.41 Å². The summed E-state index contributed by atoms with van der Waals surface area (Å²) in [6, 6.07) is 87.2. The first kappa shape index (κ1) is 38.3. The van der Waals surface area contributed by atoms with E-state index in [2.05, 4.69) is 228 Å². The first-order valence-electron chi connectivity index (χ1n) is 22.6. The van der Waals surface area contributed by atoms with E-state index in [0.717, 1.165) is 44.9 Å². The van der Waals surface area contributed by atoms with E-state index >= 15 is 0 Å². The number of nitrogens with zero attached hydrogens (tertiary/aromatic N) is 4. The molecule has 4 nitrogen and oxygen atoms in total. The molecule has 4 heteroatoms. The van der Waals surface area contributed by atoms with Gasteiger partial charge in [0.05, 0.1) is 28.7 Å². The summed E-state index contributed by atoms with van der Waals surface area (Å²) >= 11 is 0. The smallest absolute Gasteiger partial charge is 0.0991 e. The summed E-state index contributed by atoms with van der Waals surface area (Å²) in [5.74, 6) is 0. The molecule has 0 aliphatic heterocycles. The molecule has 0 fully saturated rings. The molecule has 0 radical (unpaired) electrons. The molecular formula is C63H38N4. The van der Waals surface area contributed by atoms with Gasteiger partial charge in [-0.15, -0.1) is 0 Å². The average Bonchev–Trinajstić information content (AvgIpc) is 3.68. The number of anilines is 6. The molecular weight excluding hydrogens is 813 g/mol. The molecule has 11 aromatic rings.